The third-order valence-corrected chi connectivity index (χ3v) is 3.22. The van der Waals surface area contributed by atoms with Crippen LogP contribution in [0.3, 0.4) is 0 Å². The summed E-state index contributed by atoms with van der Waals surface area (Å²) in [5, 5.41) is 2.21. The maximum absolute atomic E-state index is 11.8. The number of hydrogen-bond donors (Lipinski definition) is 1. The van der Waals surface area contributed by atoms with Gasteiger partial charge < -0.3 is 9.88 Å². The van der Waals surface area contributed by atoms with E-state index in [0.29, 0.717) is 6.54 Å². The number of aryl methyl sites for hydroxylation is 1. The van der Waals surface area contributed by atoms with Crippen molar-refractivity contribution in [2.75, 3.05) is 6.54 Å². The molecular weight excluding hydrogens is 262 g/mol. The van der Waals surface area contributed by atoms with Gasteiger partial charge >= 0.3 is 0 Å². The summed E-state index contributed by atoms with van der Waals surface area (Å²) in [6, 6.07) is 9.34. The summed E-state index contributed by atoms with van der Waals surface area (Å²) in [6.45, 7) is 1.44. The molecule has 0 saturated carbocycles. The van der Waals surface area contributed by atoms with Crippen LogP contribution in [0.5, 0.6) is 0 Å². The summed E-state index contributed by atoms with van der Waals surface area (Å²) in [4.78, 5) is 15.8. The Morgan fingerprint density at radius 3 is 2.84 bits per heavy atom. The first kappa shape index (κ1) is 13.6. The van der Waals surface area contributed by atoms with Crippen LogP contribution in [0.1, 0.15) is 17.4 Å². The summed E-state index contributed by atoms with van der Waals surface area (Å²) in [7, 11) is 0. The van der Waals surface area contributed by atoms with Crippen molar-refractivity contribution in [3.8, 4) is 0 Å². The summed E-state index contributed by atoms with van der Waals surface area (Å²) in [6.07, 6.45) is 6.25. The number of hydrogen-bond acceptors (Lipinski definition) is 2. The SMILES string of the molecule is O=C(NCCCn1ccnc1)C(Cl)c1ccccc1. The molecule has 0 aliphatic rings. The first-order valence-corrected chi connectivity index (χ1v) is 6.63. The van der Waals surface area contributed by atoms with Crippen molar-refractivity contribution < 1.29 is 4.79 Å². The highest BCUT2D eigenvalue weighted by atomic mass is 35.5. The van der Waals surface area contributed by atoms with E-state index in [4.69, 9.17) is 11.6 Å². The molecule has 2 aromatic rings. The molecule has 0 radical (unpaired) electrons. The average Bonchev–Trinajstić information content (AvgIpc) is 2.96. The Kier molecular flexibility index (Phi) is 4.98. The Morgan fingerprint density at radius 1 is 1.37 bits per heavy atom. The minimum Gasteiger partial charge on any atom is -0.354 e. The van der Waals surface area contributed by atoms with E-state index >= 15 is 0 Å². The Balaban J connectivity index is 1.72. The summed E-state index contributed by atoms with van der Waals surface area (Å²) in [5.41, 5.74) is 0.816. The monoisotopic (exact) mass is 277 g/mol. The Labute approximate surface area is 117 Å². The van der Waals surface area contributed by atoms with Crippen LogP contribution in [0.4, 0.5) is 0 Å². The number of halogens is 1. The van der Waals surface area contributed by atoms with Gasteiger partial charge in [-0.05, 0) is 12.0 Å². The van der Waals surface area contributed by atoms with E-state index in [-0.39, 0.29) is 5.91 Å². The molecule has 0 saturated heterocycles. The highest BCUT2D eigenvalue weighted by Crippen LogP contribution is 2.19. The molecule has 0 bridgehead atoms. The van der Waals surface area contributed by atoms with Gasteiger partial charge in [0, 0.05) is 25.5 Å². The Bertz CT molecular complexity index is 499. The molecule has 100 valence electrons. The number of aromatic nitrogens is 2. The van der Waals surface area contributed by atoms with Gasteiger partial charge in [-0.15, -0.1) is 11.6 Å². The second-order valence-electron chi connectivity index (χ2n) is 4.22. The van der Waals surface area contributed by atoms with Crippen LogP contribution in [-0.4, -0.2) is 22.0 Å². The molecular formula is C14H16ClN3O. The van der Waals surface area contributed by atoms with Crippen molar-refractivity contribution >= 4 is 17.5 Å². The van der Waals surface area contributed by atoms with E-state index in [2.05, 4.69) is 10.3 Å². The zero-order valence-corrected chi connectivity index (χ0v) is 11.3. The summed E-state index contributed by atoms with van der Waals surface area (Å²) in [5.74, 6) is -0.154. The molecule has 1 amide bonds. The lowest BCUT2D eigenvalue weighted by molar-refractivity contribution is -0.120. The van der Waals surface area contributed by atoms with Crippen molar-refractivity contribution in [1.29, 1.82) is 0 Å². The van der Waals surface area contributed by atoms with Gasteiger partial charge in [0.25, 0.3) is 0 Å². The fourth-order valence-electron chi connectivity index (χ4n) is 1.76. The highest BCUT2D eigenvalue weighted by molar-refractivity contribution is 6.30. The Hall–Kier alpha value is -1.81. The molecule has 1 aromatic heterocycles. The number of carbonyl (C=O) groups excluding carboxylic acids is 1. The van der Waals surface area contributed by atoms with Gasteiger partial charge in [-0.1, -0.05) is 30.3 Å². The van der Waals surface area contributed by atoms with Gasteiger partial charge in [0.2, 0.25) is 5.91 Å². The lowest BCUT2D eigenvalue weighted by Gasteiger charge is -2.10. The molecule has 1 atom stereocenters. The van der Waals surface area contributed by atoms with E-state index < -0.39 is 5.38 Å². The van der Waals surface area contributed by atoms with Gasteiger partial charge in [0.05, 0.1) is 6.33 Å². The van der Waals surface area contributed by atoms with E-state index in [0.717, 1.165) is 18.5 Å². The molecule has 0 fully saturated rings. The summed E-state index contributed by atoms with van der Waals surface area (Å²) < 4.78 is 1.97. The van der Waals surface area contributed by atoms with Crippen LogP contribution in [-0.2, 0) is 11.3 Å². The molecule has 5 heteroatoms. The fourth-order valence-corrected chi connectivity index (χ4v) is 1.98. The van der Waals surface area contributed by atoms with Crippen molar-refractivity contribution in [2.45, 2.75) is 18.3 Å². The smallest absolute Gasteiger partial charge is 0.242 e. The zero-order valence-electron chi connectivity index (χ0n) is 10.5. The molecule has 0 aliphatic carbocycles. The third-order valence-electron chi connectivity index (χ3n) is 2.77. The predicted octanol–water partition coefficient (Wildman–Crippen LogP) is 2.37. The lowest BCUT2D eigenvalue weighted by Crippen LogP contribution is -2.28. The van der Waals surface area contributed by atoms with Crippen LogP contribution < -0.4 is 5.32 Å². The van der Waals surface area contributed by atoms with Crippen molar-refractivity contribution in [2.24, 2.45) is 0 Å². The second kappa shape index (κ2) is 6.95. The van der Waals surface area contributed by atoms with Gasteiger partial charge in [-0.3, -0.25) is 4.79 Å². The fraction of sp³-hybridized carbons (Fsp3) is 0.286. The number of benzene rings is 1. The molecule has 1 unspecified atom stereocenters. The molecule has 2 rings (SSSR count). The highest BCUT2D eigenvalue weighted by Gasteiger charge is 2.16. The quantitative estimate of drug-likeness (QED) is 0.651. The lowest BCUT2D eigenvalue weighted by atomic mass is 10.1. The first-order chi connectivity index (χ1) is 9.27. The normalized spacial score (nSPS) is 12.1. The maximum atomic E-state index is 11.8. The van der Waals surface area contributed by atoms with E-state index in [1.807, 2.05) is 41.1 Å². The van der Waals surface area contributed by atoms with E-state index in [1.54, 1.807) is 12.5 Å². The van der Waals surface area contributed by atoms with Crippen LogP contribution >= 0.6 is 11.6 Å². The molecule has 4 nitrogen and oxygen atoms in total. The van der Waals surface area contributed by atoms with E-state index in [1.165, 1.54) is 0 Å². The zero-order chi connectivity index (χ0) is 13.5. The van der Waals surface area contributed by atoms with Crippen molar-refractivity contribution in [3.63, 3.8) is 0 Å². The number of alkyl halides is 1. The molecule has 0 spiro atoms. The number of carbonyl (C=O) groups is 1. The van der Waals surface area contributed by atoms with Gasteiger partial charge in [0.1, 0.15) is 5.38 Å². The molecule has 19 heavy (non-hydrogen) atoms. The number of nitrogens with zero attached hydrogens (tertiary/aromatic N) is 2. The van der Waals surface area contributed by atoms with Crippen molar-refractivity contribution in [1.82, 2.24) is 14.9 Å². The minimum absolute atomic E-state index is 0.154. The predicted molar refractivity (Wildman–Crippen MR) is 74.9 cm³/mol. The van der Waals surface area contributed by atoms with Gasteiger partial charge in [-0.25, -0.2) is 4.98 Å². The van der Waals surface area contributed by atoms with Gasteiger partial charge in [-0.2, -0.15) is 0 Å². The first-order valence-electron chi connectivity index (χ1n) is 6.20. The van der Waals surface area contributed by atoms with Crippen LogP contribution in [0.15, 0.2) is 49.1 Å². The number of imidazole rings is 1. The minimum atomic E-state index is -0.630. The maximum Gasteiger partial charge on any atom is 0.242 e. The summed E-state index contributed by atoms with van der Waals surface area (Å²) >= 11 is 6.11. The van der Waals surface area contributed by atoms with Crippen LogP contribution in [0.25, 0.3) is 0 Å². The average molecular weight is 278 g/mol. The largest absolute Gasteiger partial charge is 0.354 e. The second-order valence-corrected chi connectivity index (χ2v) is 4.65. The third kappa shape index (κ3) is 4.10. The molecule has 1 heterocycles. The molecule has 1 N–H and O–H groups in total. The van der Waals surface area contributed by atoms with Crippen LogP contribution in [0, 0.1) is 0 Å². The van der Waals surface area contributed by atoms with Gasteiger partial charge in [0.15, 0.2) is 0 Å². The molecule has 1 aromatic carbocycles. The number of amides is 1. The van der Waals surface area contributed by atoms with Crippen LogP contribution in [0.2, 0.25) is 0 Å². The number of nitrogens with one attached hydrogen (secondary N) is 1. The van der Waals surface area contributed by atoms with E-state index in [9.17, 15) is 4.79 Å². The number of rotatable bonds is 6. The van der Waals surface area contributed by atoms with Crippen molar-refractivity contribution in [3.05, 3.63) is 54.6 Å². The topological polar surface area (TPSA) is 46.9 Å². The standard InChI is InChI=1S/C14H16ClN3O/c15-13(12-5-2-1-3-6-12)14(19)17-7-4-9-18-10-8-16-11-18/h1-3,5-6,8,10-11,13H,4,7,9H2,(H,17,19). The Morgan fingerprint density at radius 2 is 2.16 bits per heavy atom. The molecule has 0 aliphatic heterocycles.